The first kappa shape index (κ1) is 8.93. The Kier molecular flexibility index (Phi) is 2.07. The van der Waals surface area contributed by atoms with Crippen LogP contribution in [0.3, 0.4) is 0 Å². The zero-order valence-electron chi connectivity index (χ0n) is 7.00. The molecule has 0 radical (unpaired) electrons. The summed E-state index contributed by atoms with van der Waals surface area (Å²) in [6.45, 7) is -0.0388. The third-order valence-corrected chi connectivity index (χ3v) is 1.90. The van der Waals surface area contributed by atoms with E-state index in [0.29, 0.717) is 6.29 Å². The molecule has 1 aromatic rings. The Hall–Kier alpha value is -1.65. The van der Waals surface area contributed by atoms with Crippen molar-refractivity contribution in [3.05, 3.63) is 23.3 Å². The lowest BCUT2D eigenvalue weighted by Gasteiger charge is -2.03. The van der Waals surface area contributed by atoms with E-state index in [4.69, 9.17) is 9.47 Å². The average molecular weight is 200 g/mol. The molecule has 1 heterocycles. The molecule has 3 nitrogen and oxygen atoms in total. The van der Waals surface area contributed by atoms with Crippen LogP contribution in [0.15, 0.2) is 12.1 Å². The van der Waals surface area contributed by atoms with E-state index >= 15 is 0 Å². The predicted molar refractivity (Wildman–Crippen MR) is 42.9 cm³/mol. The Bertz CT molecular complexity index is 377. The molecule has 0 bridgehead atoms. The highest BCUT2D eigenvalue weighted by Gasteiger charge is 2.21. The number of carbonyl (C=O) groups is 1. The predicted octanol–water partition coefficient (Wildman–Crippen LogP) is 2.17. The zero-order chi connectivity index (χ0) is 10.1. The van der Waals surface area contributed by atoms with Gasteiger partial charge in [-0.2, -0.15) is 0 Å². The van der Waals surface area contributed by atoms with Gasteiger partial charge in [0.15, 0.2) is 17.8 Å². The van der Waals surface area contributed by atoms with Crippen LogP contribution < -0.4 is 9.47 Å². The number of ether oxygens (including phenoxy) is 2. The largest absolute Gasteiger partial charge is 0.454 e. The first-order valence-corrected chi connectivity index (χ1v) is 3.89. The van der Waals surface area contributed by atoms with E-state index in [9.17, 15) is 13.6 Å². The minimum absolute atomic E-state index is 0.0388. The van der Waals surface area contributed by atoms with Gasteiger partial charge in [-0.15, -0.1) is 0 Å². The fourth-order valence-corrected chi connectivity index (χ4v) is 1.27. The standard InChI is InChI=1S/C9H6F2O3/c10-9(11)5-1-6(3-12)8-7(2-5)13-4-14-8/h1-3,9H,4H2. The number of rotatable bonds is 2. The second kappa shape index (κ2) is 3.25. The SMILES string of the molecule is O=Cc1cc(C(F)F)cc2c1OCO2. The molecule has 0 saturated heterocycles. The molecule has 2 rings (SSSR count). The van der Waals surface area contributed by atoms with Crippen LogP contribution in [0.2, 0.25) is 0 Å². The van der Waals surface area contributed by atoms with Crippen LogP contribution in [0.1, 0.15) is 22.3 Å². The summed E-state index contributed by atoms with van der Waals surface area (Å²) in [4.78, 5) is 10.6. The number of hydrogen-bond acceptors (Lipinski definition) is 3. The monoisotopic (exact) mass is 200 g/mol. The van der Waals surface area contributed by atoms with Crippen molar-refractivity contribution >= 4 is 6.29 Å². The van der Waals surface area contributed by atoms with Crippen molar-refractivity contribution in [1.82, 2.24) is 0 Å². The van der Waals surface area contributed by atoms with E-state index in [2.05, 4.69) is 0 Å². The van der Waals surface area contributed by atoms with E-state index in [1.54, 1.807) is 0 Å². The van der Waals surface area contributed by atoms with Crippen LogP contribution in [0, 0.1) is 0 Å². The van der Waals surface area contributed by atoms with Gasteiger partial charge >= 0.3 is 0 Å². The van der Waals surface area contributed by atoms with Gasteiger partial charge < -0.3 is 9.47 Å². The average Bonchev–Trinajstić information content (AvgIpc) is 2.63. The van der Waals surface area contributed by atoms with Gasteiger partial charge in [-0.3, -0.25) is 4.79 Å². The number of benzene rings is 1. The van der Waals surface area contributed by atoms with Gasteiger partial charge in [0.05, 0.1) is 5.56 Å². The highest BCUT2D eigenvalue weighted by molar-refractivity contribution is 5.82. The van der Waals surface area contributed by atoms with Gasteiger partial charge in [0.25, 0.3) is 6.43 Å². The van der Waals surface area contributed by atoms with Crippen LogP contribution in [0.4, 0.5) is 8.78 Å². The van der Waals surface area contributed by atoms with E-state index in [0.717, 1.165) is 6.07 Å². The van der Waals surface area contributed by atoms with Crippen LogP contribution in [-0.2, 0) is 0 Å². The van der Waals surface area contributed by atoms with Crippen LogP contribution >= 0.6 is 0 Å². The second-order valence-electron chi connectivity index (χ2n) is 2.76. The molecule has 0 aromatic heterocycles. The molecule has 0 spiro atoms. The molecule has 0 amide bonds. The van der Waals surface area contributed by atoms with Gasteiger partial charge in [0, 0.05) is 5.56 Å². The minimum Gasteiger partial charge on any atom is -0.454 e. The molecule has 0 unspecified atom stereocenters. The molecule has 0 N–H and O–H groups in total. The molecule has 0 atom stereocenters. The fraction of sp³-hybridized carbons (Fsp3) is 0.222. The molecule has 0 aliphatic carbocycles. The Morgan fingerprint density at radius 2 is 2.14 bits per heavy atom. The maximum atomic E-state index is 12.3. The van der Waals surface area contributed by atoms with E-state index in [1.807, 2.05) is 0 Å². The molecule has 1 aliphatic heterocycles. The lowest BCUT2D eigenvalue weighted by Crippen LogP contribution is -1.94. The van der Waals surface area contributed by atoms with Gasteiger partial charge in [0.1, 0.15) is 0 Å². The topological polar surface area (TPSA) is 35.5 Å². The van der Waals surface area contributed by atoms with Crippen molar-refractivity contribution < 1.29 is 23.0 Å². The highest BCUT2D eigenvalue weighted by Crippen LogP contribution is 2.38. The quantitative estimate of drug-likeness (QED) is 0.686. The molecule has 14 heavy (non-hydrogen) atoms. The van der Waals surface area contributed by atoms with E-state index < -0.39 is 6.43 Å². The minimum atomic E-state index is -2.62. The summed E-state index contributed by atoms with van der Waals surface area (Å²) in [6.07, 6.45) is -2.15. The van der Waals surface area contributed by atoms with Crippen molar-refractivity contribution in [2.24, 2.45) is 0 Å². The molecule has 1 aliphatic rings. The lowest BCUT2D eigenvalue weighted by molar-refractivity contribution is 0.111. The van der Waals surface area contributed by atoms with Crippen molar-refractivity contribution in [1.29, 1.82) is 0 Å². The molecule has 74 valence electrons. The van der Waals surface area contributed by atoms with Gasteiger partial charge in [-0.05, 0) is 12.1 Å². The second-order valence-corrected chi connectivity index (χ2v) is 2.76. The summed E-state index contributed by atoms with van der Waals surface area (Å²) in [5.41, 5.74) is -0.147. The Balaban J connectivity index is 2.54. The van der Waals surface area contributed by atoms with Crippen molar-refractivity contribution in [2.75, 3.05) is 6.79 Å². The number of aldehydes is 1. The van der Waals surface area contributed by atoms with Crippen molar-refractivity contribution in [3.8, 4) is 11.5 Å². The molecule has 5 heteroatoms. The zero-order valence-corrected chi connectivity index (χ0v) is 7.00. The van der Waals surface area contributed by atoms with Gasteiger partial charge in [0.2, 0.25) is 6.79 Å². The van der Waals surface area contributed by atoms with Crippen LogP contribution in [-0.4, -0.2) is 13.1 Å². The van der Waals surface area contributed by atoms with Gasteiger partial charge in [-0.25, -0.2) is 8.78 Å². The van der Waals surface area contributed by atoms with E-state index in [1.165, 1.54) is 6.07 Å². The molecular formula is C9H6F2O3. The smallest absolute Gasteiger partial charge is 0.264 e. The first-order valence-electron chi connectivity index (χ1n) is 3.89. The first-order chi connectivity index (χ1) is 6.72. The van der Waals surface area contributed by atoms with E-state index in [-0.39, 0.29) is 29.4 Å². The summed E-state index contributed by atoms with van der Waals surface area (Å²) in [5, 5.41) is 0. The number of halogens is 2. The normalized spacial score (nSPS) is 13.4. The number of carbonyl (C=O) groups excluding carboxylic acids is 1. The highest BCUT2D eigenvalue weighted by atomic mass is 19.3. The van der Waals surface area contributed by atoms with Crippen LogP contribution in [0.5, 0.6) is 11.5 Å². The molecular weight excluding hydrogens is 194 g/mol. The lowest BCUT2D eigenvalue weighted by atomic mass is 10.1. The fourth-order valence-electron chi connectivity index (χ4n) is 1.27. The van der Waals surface area contributed by atoms with Gasteiger partial charge in [-0.1, -0.05) is 0 Å². The van der Waals surface area contributed by atoms with Crippen LogP contribution in [0.25, 0.3) is 0 Å². The summed E-state index contributed by atoms with van der Waals surface area (Å²) >= 11 is 0. The third-order valence-electron chi connectivity index (χ3n) is 1.90. The van der Waals surface area contributed by atoms with Crippen molar-refractivity contribution in [2.45, 2.75) is 6.43 Å². The summed E-state index contributed by atoms with van der Waals surface area (Å²) in [6, 6.07) is 2.28. The number of fused-ring (bicyclic) bond motifs is 1. The number of alkyl halides is 2. The summed E-state index contributed by atoms with van der Waals surface area (Å²) in [7, 11) is 0. The van der Waals surface area contributed by atoms with Crippen molar-refractivity contribution in [3.63, 3.8) is 0 Å². The maximum Gasteiger partial charge on any atom is 0.264 e. The molecule has 0 fully saturated rings. The summed E-state index contributed by atoms with van der Waals surface area (Å²) < 4.78 is 34.6. The number of hydrogen-bond donors (Lipinski definition) is 0. The third kappa shape index (κ3) is 1.30. The summed E-state index contributed by atoms with van der Waals surface area (Å²) in [5.74, 6) is 0.439. The maximum absolute atomic E-state index is 12.3. The Morgan fingerprint density at radius 1 is 1.36 bits per heavy atom. The molecule has 0 saturated carbocycles. The Labute approximate surface area is 78.2 Å². The Morgan fingerprint density at radius 3 is 2.79 bits per heavy atom. The molecule has 1 aromatic carbocycles.